The first-order valence-corrected chi connectivity index (χ1v) is 9.05. The summed E-state index contributed by atoms with van der Waals surface area (Å²) in [6.07, 6.45) is 4.79. The highest BCUT2D eigenvalue weighted by Gasteiger charge is 2.28. The minimum Gasteiger partial charge on any atom is -0.339 e. The SMILES string of the molecule is CC(C)(C)n1cc(C(=O)N2CCC(C(=O)Nc3ccccc3)CC2)cn1. The Hall–Kier alpha value is -2.63. The molecule has 2 heterocycles. The van der Waals surface area contributed by atoms with Gasteiger partial charge in [0.15, 0.2) is 0 Å². The van der Waals surface area contributed by atoms with Gasteiger partial charge in [-0.3, -0.25) is 14.3 Å². The van der Waals surface area contributed by atoms with E-state index in [1.165, 1.54) is 0 Å². The summed E-state index contributed by atoms with van der Waals surface area (Å²) in [7, 11) is 0. The van der Waals surface area contributed by atoms with Gasteiger partial charge in [-0.15, -0.1) is 0 Å². The molecular weight excluding hydrogens is 328 g/mol. The fraction of sp³-hybridized carbons (Fsp3) is 0.450. The first kappa shape index (κ1) is 18.2. The van der Waals surface area contributed by atoms with Crippen LogP contribution in [0.4, 0.5) is 5.69 Å². The molecule has 138 valence electrons. The Kier molecular flexibility index (Phi) is 5.11. The molecule has 0 atom stereocenters. The van der Waals surface area contributed by atoms with Crippen LogP contribution in [0.15, 0.2) is 42.7 Å². The summed E-state index contributed by atoms with van der Waals surface area (Å²) < 4.78 is 1.81. The van der Waals surface area contributed by atoms with Gasteiger partial charge in [-0.05, 0) is 45.7 Å². The van der Waals surface area contributed by atoms with Crippen LogP contribution in [0.5, 0.6) is 0 Å². The molecule has 2 aromatic rings. The van der Waals surface area contributed by atoms with E-state index in [1.807, 2.05) is 56.0 Å². The zero-order valence-corrected chi connectivity index (χ0v) is 15.6. The van der Waals surface area contributed by atoms with E-state index >= 15 is 0 Å². The van der Waals surface area contributed by atoms with E-state index < -0.39 is 0 Å². The molecule has 0 radical (unpaired) electrons. The summed E-state index contributed by atoms with van der Waals surface area (Å²) in [6.45, 7) is 7.32. The van der Waals surface area contributed by atoms with Crippen molar-refractivity contribution in [1.29, 1.82) is 0 Å². The van der Waals surface area contributed by atoms with Crippen molar-refractivity contribution in [2.24, 2.45) is 5.92 Å². The second-order valence-corrected chi connectivity index (χ2v) is 7.77. The summed E-state index contributed by atoms with van der Waals surface area (Å²) in [5, 5.41) is 7.25. The molecule has 0 bridgehead atoms. The molecule has 6 heteroatoms. The van der Waals surface area contributed by atoms with E-state index in [1.54, 1.807) is 17.1 Å². The van der Waals surface area contributed by atoms with Gasteiger partial charge in [0.1, 0.15) is 0 Å². The quantitative estimate of drug-likeness (QED) is 0.921. The third-order valence-electron chi connectivity index (χ3n) is 4.71. The number of carbonyl (C=O) groups is 2. The molecule has 0 aliphatic carbocycles. The fourth-order valence-electron chi connectivity index (χ4n) is 3.09. The number of rotatable bonds is 3. The Bertz CT molecular complexity index is 769. The molecule has 1 aliphatic rings. The Morgan fingerprint density at radius 2 is 1.77 bits per heavy atom. The van der Waals surface area contributed by atoms with Gasteiger partial charge in [0.05, 0.1) is 17.3 Å². The first-order valence-electron chi connectivity index (χ1n) is 9.05. The Morgan fingerprint density at radius 3 is 2.35 bits per heavy atom. The maximum absolute atomic E-state index is 12.7. The number of amides is 2. The standard InChI is InChI=1S/C20H26N4O2/c1-20(2,3)24-14-16(13-21-24)19(26)23-11-9-15(10-12-23)18(25)22-17-7-5-4-6-8-17/h4-8,13-15H,9-12H2,1-3H3,(H,22,25). The van der Waals surface area contributed by atoms with Crippen molar-refractivity contribution < 1.29 is 9.59 Å². The molecule has 0 saturated carbocycles. The number of nitrogens with one attached hydrogen (secondary N) is 1. The molecule has 26 heavy (non-hydrogen) atoms. The number of piperidine rings is 1. The van der Waals surface area contributed by atoms with Crippen LogP contribution in [0.3, 0.4) is 0 Å². The number of nitrogens with zero attached hydrogens (tertiary/aromatic N) is 3. The van der Waals surface area contributed by atoms with Crippen LogP contribution in [-0.4, -0.2) is 39.6 Å². The lowest BCUT2D eigenvalue weighted by Gasteiger charge is -2.31. The summed E-state index contributed by atoms with van der Waals surface area (Å²) in [4.78, 5) is 26.9. The molecular formula is C20H26N4O2. The monoisotopic (exact) mass is 354 g/mol. The smallest absolute Gasteiger partial charge is 0.257 e. The molecule has 1 aliphatic heterocycles. The topological polar surface area (TPSA) is 67.2 Å². The fourth-order valence-corrected chi connectivity index (χ4v) is 3.09. The van der Waals surface area contributed by atoms with Gasteiger partial charge in [-0.1, -0.05) is 18.2 Å². The number of anilines is 1. The third-order valence-corrected chi connectivity index (χ3v) is 4.71. The summed E-state index contributed by atoms with van der Waals surface area (Å²) >= 11 is 0. The van der Waals surface area contributed by atoms with E-state index in [0.29, 0.717) is 31.5 Å². The van der Waals surface area contributed by atoms with E-state index in [9.17, 15) is 9.59 Å². The lowest BCUT2D eigenvalue weighted by Crippen LogP contribution is -2.41. The van der Waals surface area contributed by atoms with Crippen LogP contribution >= 0.6 is 0 Å². The predicted octanol–water partition coefficient (Wildman–Crippen LogP) is 3.13. The number of para-hydroxylation sites is 1. The zero-order chi connectivity index (χ0) is 18.7. The molecule has 0 unspecified atom stereocenters. The molecule has 6 nitrogen and oxygen atoms in total. The Labute approximate surface area is 154 Å². The van der Waals surface area contributed by atoms with E-state index in [-0.39, 0.29) is 23.3 Å². The molecule has 1 fully saturated rings. The lowest BCUT2D eigenvalue weighted by molar-refractivity contribution is -0.121. The second kappa shape index (κ2) is 7.32. The van der Waals surface area contributed by atoms with E-state index in [0.717, 1.165) is 5.69 Å². The average Bonchev–Trinajstić information content (AvgIpc) is 3.12. The van der Waals surface area contributed by atoms with Gasteiger partial charge in [-0.25, -0.2) is 0 Å². The van der Waals surface area contributed by atoms with Crippen LogP contribution in [0.25, 0.3) is 0 Å². The van der Waals surface area contributed by atoms with E-state index in [4.69, 9.17) is 0 Å². The molecule has 1 saturated heterocycles. The van der Waals surface area contributed by atoms with Crippen LogP contribution in [0.1, 0.15) is 44.0 Å². The third kappa shape index (κ3) is 4.12. The number of hydrogen-bond acceptors (Lipinski definition) is 3. The summed E-state index contributed by atoms with van der Waals surface area (Å²) in [5.41, 5.74) is 1.26. The number of likely N-dealkylation sites (tertiary alicyclic amines) is 1. The van der Waals surface area contributed by atoms with Gasteiger partial charge in [0.25, 0.3) is 5.91 Å². The minimum absolute atomic E-state index is 0.0117. The van der Waals surface area contributed by atoms with Gasteiger partial charge in [0, 0.05) is 30.9 Å². The summed E-state index contributed by atoms with van der Waals surface area (Å²) in [6, 6.07) is 9.47. The number of hydrogen-bond donors (Lipinski definition) is 1. The largest absolute Gasteiger partial charge is 0.339 e. The van der Waals surface area contributed by atoms with Crippen molar-refractivity contribution >= 4 is 17.5 Å². The zero-order valence-electron chi connectivity index (χ0n) is 15.6. The van der Waals surface area contributed by atoms with Crippen molar-refractivity contribution in [3.8, 4) is 0 Å². The Morgan fingerprint density at radius 1 is 1.12 bits per heavy atom. The van der Waals surface area contributed by atoms with Gasteiger partial charge < -0.3 is 10.2 Å². The maximum atomic E-state index is 12.7. The van der Waals surface area contributed by atoms with Crippen molar-refractivity contribution in [3.63, 3.8) is 0 Å². The first-order chi connectivity index (χ1) is 12.3. The number of benzene rings is 1. The van der Waals surface area contributed by atoms with Crippen molar-refractivity contribution in [2.45, 2.75) is 39.2 Å². The Balaban J connectivity index is 1.55. The van der Waals surface area contributed by atoms with Crippen LogP contribution in [0, 0.1) is 5.92 Å². The molecule has 3 rings (SSSR count). The van der Waals surface area contributed by atoms with Gasteiger partial charge >= 0.3 is 0 Å². The second-order valence-electron chi connectivity index (χ2n) is 7.77. The minimum atomic E-state index is -0.152. The summed E-state index contributed by atoms with van der Waals surface area (Å²) in [5.74, 6) is -0.0391. The normalized spacial score (nSPS) is 15.7. The van der Waals surface area contributed by atoms with Crippen molar-refractivity contribution in [3.05, 3.63) is 48.3 Å². The van der Waals surface area contributed by atoms with E-state index in [2.05, 4.69) is 10.4 Å². The molecule has 1 aromatic carbocycles. The predicted molar refractivity (Wildman–Crippen MR) is 101 cm³/mol. The molecule has 1 N–H and O–H groups in total. The van der Waals surface area contributed by atoms with Crippen LogP contribution in [0.2, 0.25) is 0 Å². The van der Waals surface area contributed by atoms with Crippen LogP contribution < -0.4 is 5.32 Å². The molecule has 2 amide bonds. The maximum Gasteiger partial charge on any atom is 0.257 e. The van der Waals surface area contributed by atoms with Gasteiger partial charge in [0.2, 0.25) is 5.91 Å². The lowest BCUT2D eigenvalue weighted by atomic mass is 9.95. The number of carbonyl (C=O) groups excluding carboxylic acids is 2. The van der Waals surface area contributed by atoms with Crippen molar-refractivity contribution in [1.82, 2.24) is 14.7 Å². The van der Waals surface area contributed by atoms with Crippen LogP contribution in [-0.2, 0) is 10.3 Å². The van der Waals surface area contributed by atoms with Crippen molar-refractivity contribution in [2.75, 3.05) is 18.4 Å². The highest BCUT2D eigenvalue weighted by atomic mass is 16.2. The molecule has 0 spiro atoms. The average molecular weight is 354 g/mol. The van der Waals surface area contributed by atoms with Gasteiger partial charge in [-0.2, -0.15) is 5.10 Å². The number of aromatic nitrogens is 2. The highest BCUT2D eigenvalue weighted by Crippen LogP contribution is 2.21. The highest BCUT2D eigenvalue weighted by molar-refractivity contribution is 5.95. The molecule has 1 aromatic heterocycles.